The average molecular weight is 556 g/mol. The first kappa shape index (κ1) is 27.7. The van der Waals surface area contributed by atoms with Gasteiger partial charge in [0.15, 0.2) is 11.6 Å². The Bertz CT molecular complexity index is 1460. The first-order valence-corrected chi connectivity index (χ1v) is 13.4. The second kappa shape index (κ2) is 11.0. The number of halogens is 1. The van der Waals surface area contributed by atoms with Gasteiger partial charge in [-0.3, -0.25) is 9.69 Å². The highest BCUT2D eigenvalue weighted by Crippen LogP contribution is 2.45. The van der Waals surface area contributed by atoms with Crippen LogP contribution >= 0.6 is 0 Å². The van der Waals surface area contributed by atoms with E-state index in [1.165, 1.54) is 33.5 Å². The van der Waals surface area contributed by atoms with E-state index in [1.807, 2.05) is 23.6 Å². The highest BCUT2D eigenvalue weighted by Gasteiger charge is 2.37. The first-order valence-electron chi connectivity index (χ1n) is 13.4. The van der Waals surface area contributed by atoms with Gasteiger partial charge < -0.3 is 29.0 Å². The number of aliphatic hydroxyl groups excluding tert-OH is 1. The van der Waals surface area contributed by atoms with Gasteiger partial charge in [0.2, 0.25) is 0 Å². The van der Waals surface area contributed by atoms with Crippen molar-refractivity contribution >= 4 is 28.8 Å². The van der Waals surface area contributed by atoms with E-state index in [9.17, 15) is 24.2 Å². The maximum Gasteiger partial charge on any atom is 0.414 e. The highest BCUT2D eigenvalue weighted by atomic mass is 19.1. The van der Waals surface area contributed by atoms with E-state index in [1.54, 1.807) is 4.90 Å². The summed E-state index contributed by atoms with van der Waals surface area (Å²) in [6.45, 7) is 1.95. The van der Waals surface area contributed by atoms with Crippen molar-refractivity contribution in [3.05, 3.63) is 47.0 Å². The van der Waals surface area contributed by atoms with Crippen LogP contribution in [0.15, 0.2) is 24.3 Å². The Labute approximate surface area is 231 Å². The number of amides is 1. The SMILES string of the molecule is COC(=O)N1c2ccc3c(nc([C@@H](O)c4c(OC)ccc(F)c4OC)n3[C@@H]3CCC[C@@H](C(=O)O)C3)c2CC[C@@H]1C. The number of aliphatic carboxylic acids is 1. The molecule has 11 heteroatoms. The van der Waals surface area contributed by atoms with Crippen molar-refractivity contribution in [3.8, 4) is 11.5 Å². The lowest BCUT2D eigenvalue weighted by molar-refractivity contribution is -0.143. The Hall–Kier alpha value is -3.86. The number of carbonyl (C=O) groups is 2. The van der Waals surface area contributed by atoms with Crippen molar-refractivity contribution < 1.29 is 38.4 Å². The smallest absolute Gasteiger partial charge is 0.414 e. The maximum atomic E-state index is 14.8. The zero-order chi connectivity index (χ0) is 28.7. The number of anilines is 1. The number of benzene rings is 2. The summed E-state index contributed by atoms with van der Waals surface area (Å²) >= 11 is 0. The van der Waals surface area contributed by atoms with Gasteiger partial charge in [-0.1, -0.05) is 6.42 Å². The molecule has 3 aromatic rings. The molecule has 2 aliphatic rings. The number of hydrogen-bond donors (Lipinski definition) is 2. The summed E-state index contributed by atoms with van der Waals surface area (Å²) < 4.78 is 32.6. The molecular formula is C29H34FN3O7. The normalized spacial score (nSPS) is 21.6. The lowest BCUT2D eigenvalue weighted by Crippen LogP contribution is -2.42. The first-order chi connectivity index (χ1) is 19.2. The lowest BCUT2D eigenvalue weighted by Gasteiger charge is -2.34. The minimum absolute atomic E-state index is 0.0833. The zero-order valence-corrected chi connectivity index (χ0v) is 23.0. The van der Waals surface area contributed by atoms with Crippen molar-refractivity contribution in [2.24, 2.45) is 5.92 Å². The molecule has 1 aromatic heterocycles. The summed E-state index contributed by atoms with van der Waals surface area (Å²) in [5.74, 6) is -1.76. The number of aromatic nitrogens is 2. The Morgan fingerprint density at radius 1 is 1.10 bits per heavy atom. The average Bonchev–Trinajstić information content (AvgIpc) is 3.36. The van der Waals surface area contributed by atoms with Crippen molar-refractivity contribution in [2.45, 2.75) is 63.6 Å². The van der Waals surface area contributed by atoms with Crippen molar-refractivity contribution in [1.29, 1.82) is 0 Å². The molecule has 10 nitrogen and oxygen atoms in total. The highest BCUT2D eigenvalue weighted by molar-refractivity contribution is 5.95. The molecule has 1 aliphatic heterocycles. The monoisotopic (exact) mass is 555 g/mol. The number of fused-ring (bicyclic) bond motifs is 3. The summed E-state index contributed by atoms with van der Waals surface area (Å²) in [6.07, 6.45) is 1.72. The summed E-state index contributed by atoms with van der Waals surface area (Å²) in [7, 11) is 4.07. The van der Waals surface area contributed by atoms with Gasteiger partial charge in [-0.2, -0.15) is 0 Å². The number of carbonyl (C=O) groups excluding carboxylic acids is 1. The molecule has 1 aliphatic carbocycles. The van der Waals surface area contributed by atoms with E-state index in [4.69, 9.17) is 19.2 Å². The van der Waals surface area contributed by atoms with Crippen LogP contribution in [-0.2, 0) is 16.0 Å². The van der Waals surface area contributed by atoms with Crippen molar-refractivity contribution in [1.82, 2.24) is 9.55 Å². The molecule has 5 rings (SSSR count). The number of ether oxygens (including phenoxy) is 3. The third-order valence-corrected chi connectivity index (χ3v) is 8.26. The van der Waals surface area contributed by atoms with Gasteiger partial charge in [0.1, 0.15) is 17.7 Å². The van der Waals surface area contributed by atoms with Gasteiger partial charge in [0, 0.05) is 17.6 Å². The Morgan fingerprint density at radius 3 is 2.55 bits per heavy atom. The molecule has 4 atom stereocenters. The van der Waals surface area contributed by atoms with Crippen LogP contribution in [0.25, 0.3) is 11.0 Å². The summed E-state index contributed by atoms with van der Waals surface area (Å²) in [5.41, 5.74) is 2.90. The third kappa shape index (κ3) is 4.51. The summed E-state index contributed by atoms with van der Waals surface area (Å²) in [6, 6.07) is 5.96. The van der Waals surface area contributed by atoms with Crippen LogP contribution in [0, 0.1) is 11.7 Å². The van der Waals surface area contributed by atoms with Gasteiger partial charge in [0.05, 0.1) is 49.5 Å². The standard InChI is InChI=1S/C29H34FN3O7/c1-15-8-9-18-20(32(15)29(37)40-4)11-12-21-24(18)31-27(33(21)17-7-5-6-16(14-17)28(35)36)25(34)23-22(38-2)13-10-19(30)26(23)39-3/h10-13,15-17,25,34H,5-9,14H2,1-4H3,(H,35,36)/t15-,16+,17+,25-/m0/s1. The largest absolute Gasteiger partial charge is 0.496 e. The Balaban J connectivity index is 1.75. The molecule has 40 heavy (non-hydrogen) atoms. The van der Waals surface area contributed by atoms with Crippen molar-refractivity contribution in [2.75, 3.05) is 26.2 Å². The molecule has 2 aromatic carbocycles. The zero-order valence-electron chi connectivity index (χ0n) is 23.0. The topological polar surface area (TPSA) is 123 Å². The maximum absolute atomic E-state index is 14.8. The van der Waals surface area contributed by atoms with Crippen LogP contribution < -0.4 is 14.4 Å². The fourth-order valence-electron chi connectivity index (χ4n) is 6.32. The third-order valence-electron chi connectivity index (χ3n) is 8.26. The number of nitrogens with zero attached hydrogens (tertiary/aromatic N) is 3. The van der Waals surface area contributed by atoms with Crippen LogP contribution in [0.5, 0.6) is 11.5 Å². The fraction of sp³-hybridized carbons (Fsp3) is 0.483. The van der Waals surface area contributed by atoms with E-state index >= 15 is 0 Å². The number of imidazole rings is 1. The van der Waals surface area contributed by atoms with Crippen LogP contribution in [0.2, 0.25) is 0 Å². The number of methoxy groups -OCH3 is 3. The van der Waals surface area contributed by atoms with Crippen LogP contribution in [0.1, 0.15) is 68.1 Å². The van der Waals surface area contributed by atoms with E-state index in [0.717, 1.165) is 5.56 Å². The minimum Gasteiger partial charge on any atom is -0.496 e. The van der Waals surface area contributed by atoms with Gasteiger partial charge in [-0.25, -0.2) is 14.2 Å². The van der Waals surface area contributed by atoms with E-state index in [0.29, 0.717) is 55.2 Å². The fourth-order valence-corrected chi connectivity index (χ4v) is 6.32. The quantitative estimate of drug-likeness (QED) is 0.436. The Kier molecular flexibility index (Phi) is 7.59. The molecular weight excluding hydrogens is 521 g/mol. The Morgan fingerprint density at radius 2 is 1.88 bits per heavy atom. The van der Waals surface area contributed by atoms with Gasteiger partial charge in [0.25, 0.3) is 0 Å². The molecule has 2 heterocycles. The van der Waals surface area contributed by atoms with E-state index in [-0.39, 0.29) is 35.0 Å². The molecule has 0 bridgehead atoms. The minimum atomic E-state index is -1.45. The molecule has 214 valence electrons. The van der Waals surface area contributed by atoms with Crippen LogP contribution in [-0.4, -0.2) is 59.2 Å². The van der Waals surface area contributed by atoms with Crippen LogP contribution in [0.3, 0.4) is 0 Å². The van der Waals surface area contributed by atoms with Gasteiger partial charge >= 0.3 is 12.1 Å². The second-order valence-electron chi connectivity index (χ2n) is 10.5. The molecule has 0 radical (unpaired) electrons. The predicted octanol–water partition coefficient (Wildman–Crippen LogP) is 5.00. The molecule has 1 saturated carbocycles. The number of carboxylic acids is 1. The van der Waals surface area contributed by atoms with Crippen molar-refractivity contribution in [3.63, 3.8) is 0 Å². The molecule has 0 saturated heterocycles. The molecule has 2 N–H and O–H groups in total. The number of hydrogen-bond acceptors (Lipinski definition) is 7. The molecule has 1 amide bonds. The number of aliphatic hydroxyl groups is 1. The number of aryl methyl sites for hydroxylation is 1. The van der Waals surface area contributed by atoms with Gasteiger partial charge in [-0.05, 0) is 63.3 Å². The summed E-state index contributed by atoms with van der Waals surface area (Å²) in [5, 5.41) is 21.6. The number of carboxylic acid groups (broad SMARTS) is 1. The van der Waals surface area contributed by atoms with E-state index in [2.05, 4.69) is 0 Å². The lowest BCUT2D eigenvalue weighted by atomic mass is 9.85. The molecule has 1 fully saturated rings. The van der Waals surface area contributed by atoms with Gasteiger partial charge in [-0.15, -0.1) is 0 Å². The van der Waals surface area contributed by atoms with Crippen LogP contribution in [0.4, 0.5) is 14.9 Å². The van der Waals surface area contributed by atoms with E-state index < -0.39 is 29.9 Å². The molecule has 0 spiro atoms. The second-order valence-corrected chi connectivity index (χ2v) is 10.5. The predicted molar refractivity (Wildman–Crippen MR) is 145 cm³/mol. The number of rotatable bonds is 6. The summed E-state index contributed by atoms with van der Waals surface area (Å²) in [4.78, 5) is 31.1. The molecule has 0 unspecified atom stereocenters.